The molecule has 2 heterocycles. The van der Waals surface area contributed by atoms with Crippen molar-refractivity contribution in [3.63, 3.8) is 0 Å². The zero-order valence-electron chi connectivity index (χ0n) is 12.4. The maximum Gasteiger partial charge on any atom is 0.245 e. The van der Waals surface area contributed by atoms with Crippen LogP contribution in [0.15, 0.2) is 0 Å². The van der Waals surface area contributed by atoms with Crippen LogP contribution in [0.1, 0.15) is 20.3 Å². The minimum absolute atomic E-state index is 0.00563. The van der Waals surface area contributed by atoms with Gasteiger partial charge in [0.05, 0.1) is 0 Å². The molecule has 0 bridgehead atoms. The number of rotatable bonds is 4. The molecule has 0 saturated carbocycles. The van der Waals surface area contributed by atoms with Gasteiger partial charge in [-0.3, -0.25) is 14.5 Å². The molecule has 2 aliphatic heterocycles. The second-order valence-corrected chi connectivity index (χ2v) is 7.04. The average Bonchev–Trinajstić information content (AvgIpc) is 2.58. The van der Waals surface area contributed by atoms with Gasteiger partial charge in [0.15, 0.2) is 0 Å². The van der Waals surface area contributed by atoms with Crippen molar-refractivity contribution in [2.45, 2.75) is 26.3 Å². The smallest absolute Gasteiger partial charge is 0.245 e. The molecule has 5 nitrogen and oxygen atoms in total. The molecule has 0 spiro atoms. The Labute approximate surface area is 125 Å². The second kappa shape index (κ2) is 7.31. The quantitative estimate of drug-likeness (QED) is 0.817. The Morgan fingerprint density at radius 1 is 1.20 bits per heavy atom. The molecule has 2 rings (SSSR count). The first kappa shape index (κ1) is 15.6. The molecule has 2 aliphatic rings. The lowest BCUT2D eigenvalue weighted by Crippen LogP contribution is -2.49. The van der Waals surface area contributed by atoms with Gasteiger partial charge in [0.25, 0.3) is 0 Å². The first-order valence-electron chi connectivity index (χ1n) is 7.46. The predicted octanol–water partition coefficient (Wildman–Crippen LogP) is 0.408. The lowest BCUT2D eigenvalue weighted by atomic mass is 10.0. The minimum Gasteiger partial charge on any atom is -0.344 e. The number of nitrogens with one attached hydrogen (secondary N) is 1. The monoisotopic (exact) mass is 299 g/mol. The SMILES string of the molecule is CC(C)C1NC(=O)CCN(CCN2CCSCC2)C1=O. The molecule has 0 radical (unpaired) electrons. The van der Waals surface area contributed by atoms with Gasteiger partial charge in [-0.05, 0) is 5.92 Å². The second-order valence-electron chi connectivity index (χ2n) is 5.82. The van der Waals surface area contributed by atoms with Gasteiger partial charge in [0.1, 0.15) is 6.04 Å². The molecule has 1 unspecified atom stereocenters. The standard InChI is InChI=1S/C14H25N3O2S/c1-11(2)13-14(19)17(4-3-12(18)15-13)6-5-16-7-9-20-10-8-16/h11,13H,3-10H2,1-2H3,(H,15,18). The van der Waals surface area contributed by atoms with Crippen LogP contribution < -0.4 is 5.32 Å². The van der Waals surface area contributed by atoms with Crippen LogP contribution in [0.25, 0.3) is 0 Å². The number of hydrogen-bond acceptors (Lipinski definition) is 4. The number of nitrogens with zero attached hydrogens (tertiary/aromatic N) is 2. The van der Waals surface area contributed by atoms with Gasteiger partial charge >= 0.3 is 0 Å². The van der Waals surface area contributed by atoms with E-state index in [9.17, 15) is 9.59 Å². The number of thioether (sulfide) groups is 1. The fourth-order valence-electron chi connectivity index (χ4n) is 2.61. The number of amides is 2. The maximum absolute atomic E-state index is 12.5. The Kier molecular flexibility index (Phi) is 5.72. The topological polar surface area (TPSA) is 52.7 Å². The van der Waals surface area contributed by atoms with Crippen LogP contribution in [0, 0.1) is 5.92 Å². The lowest BCUT2D eigenvalue weighted by Gasteiger charge is -2.30. The highest BCUT2D eigenvalue weighted by Gasteiger charge is 2.31. The lowest BCUT2D eigenvalue weighted by molar-refractivity contribution is -0.134. The van der Waals surface area contributed by atoms with Crippen molar-refractivity contribution in [2.75, 3.05) is 44.2 Å². The largest absolute Gasteiger partial charge is 0.344 e. The molecule has 0 aromatic heterocycles. The molecule has 0 aromatic rings. The maximum atomic E-state index is 12.5. The molecule has 20 heavy (non-hydrogen) atoms. The molecule has 1 atom stereocenters. The van der Waals surface area contributed by atoms with E-state index in [1.165, 1.54) is 11.5 Å². The molecule has 2 fully saturated rings. The third-order valence-corrected chi connectivity index (χ3v) is 4.90. The van der Waals surface area contributed by atoms with Crippen molar-refractivity contribution in [1.82, 2.24) is 15.1 Å². The zero-order chi connectivity index (χ0) is 14.5. The van der Waals surface area contributed by atoms with E-state index in [2.05, 4.69) is 10.2 Å². The minimum atomic E-state index is -0.359. The first-order valence-corrected chi connectivity index (χ1v) is 8.61. The highest BCUT2D eigenvalue weighted by Crippen LogP contribution is 2.12. The van der Waals surface area contributed by atoms with Crippen molar-refractivity contribution in [3.8, 4) is 0 Å². The first-order chi connectivity index (χ1) is 9.58. The van der Waals surface area contributed by atoms with E-state index in [1.807, 2.05) is 30.5 Å². The summed E-state index contributed by atoms with van der Waals surface area (Å²) in [6, 6.07) is -0.359. The number of hydrogen-bond donors (Lipinski definition) is 1. The van der Waals surface area contributed by atoms with E-state index >= 15 is 0 Å². The third kappa shape index (κ3) is 4.12. The van der Waals surface area contributed by atoms with Gasteiger partial charge in [0.2, 0.25) is 11.8 Å². The molecule has 0 aromatic carbocycles. The average molecular weight is 299 g/mol. The molecule has 1 N–H and O–H groups in total. The molecule has 114 valence electrons. The van der Waals surface area contributed by atoms with Gasteiger partial charge in [-0.2, -0.15) is 11.8 Å². The molecule has 0 aliphatic carbocycles. The molecule has 2 saturated heterocycles. The fourth-order valence-corrected chi connectivity index (χ4v) is 3.59. The summed E-state index contributed by atoms with van der Waals surface area (Å²) in [7, 11) is 0. The van der Waals surface area contributed by atoms with Gasteiger partial charge in [-0.25, -0.2) is 0 Å². The molecule has 6 heteroatoms. The van der Waals surface area contributed by atoms with Crippen LogP contribution in [-0.2, 0) is 9.59 Å². The van der Waals surface area contributed by atoms with E-state index in [1.54, 1.807) is 0 Å². The van der Waals surface area contributed by atoms with Gasteiger partial charge in [-0.1, -0.05) is 13.8 Å². The van der Waals surface area contributed by atoms with Crippen LogP contribution in [0.5, 0.6) is 0 Å². The summed E-state index contributed by atoms with van der Waals surface area (Å²) in [6.07, 6.45) is 0.421. The van der Waals surface area contributed by atoms with Crippen molar-refractivity contribution >= 4 is 23.6 Å². The Morgan fingerprint density at radius 3 is 2.55 bits per heavy atom. The Morgan fingerprint density at radius 2 is 1.90 bits per heavy atom. The molecular weight excluding hydrogens is 274 g/mol. The summed E-state index contributed by atoms with van der Waals surface area (Å²) < 4.78 is 0. The fraction of sp³-hybridized carbons (Fsp3) is 0.857. The molecular formula is C14H25N3O2S. The Bertz CT molecular complexity index is 356. The van der Waals surface area contributed by atoms with E-state index in [0.717, 1.165) is 26.2 Å². The van der Waals surface area contributed by atoms with Gasteiger partial charge < -0.3 is 10.2 Å². The van der Waals surface area contributed by atoms with Crippen molar-refractivity contribution in [2.24, 2.45) is 5.92 Å². The molecule has 2 amide bonds. The highest BCUT2D eigenvalue weighted by molar-refractivity contribution is 7.99. The zero-order valence-corrected chi connectivity index (χ0v) is 13.2. The van der Waals surface area contributed by atoms with Crippen LogP contribution in [0.2, 0.25) is 0 Å². The van der Waals surface area contributed by atoms with Crippen LogP contribution in [0.3, 0.4) is 0 Å². The number of carbonyl (C=O) groups is 2. The van der Waals surface area contributed by atoms with E-state index in [-0.39, 0.29) is 23.8 Å². The summed E-state index contributed by atoms with van der Waals surface area (Å²) in [5.41, 5.74) is 0. The van der Waals surface area contributed by atoms with Gasteiger partial charge in [0, 0.05) is 50.7 Å². The normalized spacial score (nSPS) is 25.8. The highest BCUT2D eigenvalue weighted by atomic mass is 32.2. The summed E-state index contributed by atoms with van der Waals surface area (Å²) in [4.78, 5) is 28.5. The summed E-state index contributed by atoms with van der Waals surface area (Å²) in [5.74, 6) is 2.58. The summed E-state index contributed by atoms with van der Waals surface area (Å²) in [6.45, 7) is 8.39. The Balaban J connectivity index is 1.91. The predicted molar refractivity (Wildman–Crippen MR) is 81.7 cm³/mol. The van der Waals surface area contributed by atoms with Crippen LogP contribution >= 0.6 is 11.8 Å². The van der Waals surface area contributed by atoms with Crippen LogP contribution in [0.4, 0.5) is 0 Å². The van der Waals surface area contributed by atoms with Crippen molar-refractivity contribution in [3.05, 3.63) is 0 Å². The van der Waals surface area contributed by atoms with Crippen LogP contribution in [-0.4, -0.2) is 71.9 Å². The van der Waals surface area contributed by atoms with E-state index in [4.69, 9.17) is 0 Å². The van der Waals surface area contributed by atoms with E-state index < -0.39 is 0 Å². The van der Waals surface area contributed by atoms with E-state index in [0.29, 0.717) is 13.0 Å². The summed E-state index contributed by atoms with van der Waals surface area (Å²) >= 11 is 1.99. The van der Waals surface area contributed by atoms with Crippen molar-refractivity contribution in [1.29, 1.82) is 0 Å². The third-order valence-electron chi connectivity index (χ3n) is 3.96. The summed E-state index contributed by atoms with van der Waals surface area (Å²) in [5, 5.41) is 2.85. The number of carbonyl (C=O) groups excluding carboxylic acids is 2. The van der Waals surface area contributed by atoms with Crippen molar-refractivity contribution < 1.29 is 9.59 Å². The van der Waals surface area contributed by atoms with Gasteiger partial charge in [-0.15, -0.1) is 0 Å². The Hall–Kier alpha value is -0.750.